The lowest BCUT2D eigenvalue weighted by atomic mass is 10.1. The number of nitriles is 1. The Morgan fingerprint density at radius 1 is 1.32 bits per heavy atom. The molecule has 0 bridgehead atoms. The number of aromatic nitrogens is 3. The molecule has 5 heteroatoms. The molecule has 0 aliphatic rings. The van der Waals surface area contributed by atoms with Crippen molar-refractivity contribution < 1.29 is 0 Å². The van der Waals surface area contributed by atoms with Crippen LogP contribution in [0.2, 0.25) is 0 Å². The largest absolute Gasteiger partial charge is 0.308 e. The van der Waals surface area contributed by atoms with Gasteiger partial charge in [-0.3, -0.25) is 4.57 Å². The van der Waals surface area contributed by atoms with Crippen molar-refractivity contribution >= 4 is 0 Å². The molecule has 1 N–H and O–H groups in total. The van der Waals surface area contributed by atoms with Crippen LogP contribution in [-0.2, 0) is 6.54 Å². The molecule has 0 saturated carbocycles. The molecule has 0 atom stereocenters. The third-order valence-electron chi connectivity index (χ3n) is 2.65. The van der Waals surface area contributed by atoms with E-state index in [1.54, 1.807) is 23.2 Å². The molecule has 0 radical (unpaired) electrons. The first-order chi connectivity index (χ1) is 9.01. The van der Waals surface area contributed by atoms with E-state index >= 15 is 0 Å². The summed E-state index contributed by atoms with van der Waals surface area (Å²) >= 11 is 0. The Labute approximate surface area is 112 Å². The number of nitrogens with one attached hydrogen (secondary N) is 1. The molecule has 2 rings (SSSR count). The molecule has 0 saturated heterocycles. The fourth-order valence-electron chi connectivity index (χ4n) is 1.70. The van der Waals surface area contributed by atoms with E-state index in [1.165, 1.54) is 0 Å². The zero-order valence-electron chi connectivity index (χ0n) is 11.4. The molecule has 2 aromatic heterocycles. The molecule has 0 amide bonds. The highest BCUT2D eigenvalue weighted by Gasteiger charge is 2.13. The van der Waals surface area contributed by atoms with Crippen LogP contribution in [0.5, 0.6) is 0 Å². The van der Waals surface area contributed by atoms with Gasteiger partial charge in [0.15, 0.2) is 0 Å². The van der Waals surface area contributed by atoms with Gasteiger partial charge >= 0.3 is 0 Å². The van der Waals surface area contributed by atoms with E-state index in [-0.39, 0.29) is 5.54 Å². The molecule has 0 fully saturated rings. The van der Waals surface area contributed by atoms with Crippen LogP contribution in [0.15, 0.2) is 30.7 Å². The van der Waals surface area contributed by atoms with Crippen LogP contribution in [0.3, 0.4) is 0 Å². The first-order valence-electron chi connectivity index (χ1n) is 6.14. The highest BCUT2D eigenvalue weighted by molar-refractivity contribution is 5.37. The lowest BCUT2D eigenvalue weighted by Gasteiger charge is -2.21. The summed E-state index contributed by atoms with van der Waals surface area (Å²) in [5.41, 5.74) is 1.06. The number of nitrogens with zero attached hydrogens (tertiary/aromatic N) is 4. The van der Waals surface area contributed by atoms with Crippen LogP contribution in [0.4, 0.5) is 0 Å². The van der Waals surface area contributed by atoms with Gasteiger partial charge in [0.05, 0.1) is 0 Å². The predicted octanol–water partition coefficient (Wildman–Crippen LogP) is 2.03. The molecule has 98 valence electrons. The minimum absolute atomic E-state index is 0.0279. The molecule has 5 nitrogen and oxygen atoms in total. The van der Waals surface area contributed by atoms with Gasteiger partial charge in [0, 0.05) is 36.2 Å². The predicted molar refractivity (Wildman–Crippen MR) is 72.7 cm³/mol. The van der Waals surface area contributed by atoms with Gasteiger partial charge in [-0.05, 0) is 26.8 Å². The highest BCUT2D eigenvalue weighted by atomic mass is 15.1. The molecule has 0 aliphatic heterocycles. The summed E-state index contributed by atoms with van der Waals surface area (Å²) in [7, 11) is 0. The SMILES string of the molecule is CC(C)(C)NCc1cccnc1-n1ccnc1C#N. The number of rotatable bonds is 3. The summed E-state index contributed by atoms with van der Waals surface area (Å²) in [6, 6.07) is 5.96. The monoisotopic (exact) mass is 255 g/mol. The lowest BCUT2D eigenvalue weighted by molar-refractivity contribution is 0.423. The zero-order valence-corrected chi connectivity index (χ0v) is 11.4. The van der Waals surface area contributed by atoms with E-state index in [0.717, 1.165) is 11.4 Å². The summed E-state index contributed by atoms with van der Waals surface area (Å²) in [5.74, 6) is 1.09. The van der Waals surface area contributed by atoms with Gasteiger partial charge in [0.25, 0.3) is 0 Å². The third kappa shape index (κ3) is 3.18. The fourth-order valence-corrected chi connectivity index (χ4v) is 1.70. The molecule has 0 aromatic carbocycles. The topological polar surface area (TPSA) is 66.5 Å². The standard InChI is InChI=1S/C14H17N5/c1-14(2,3)18-10-11-5-4-6-17-13(11)19-8-7-16-12(19)9-15/h4-8,18H,10H2,1-3H3. The number of pyridine rings is 1. The normalized spacial score (nSPS) is 11.3. The van der Waals surface area contributed by atoms with Crippen molar-refractivity contribution in [1.82, 2.24) is 19.9 Å². The van der Waals surface area contributed by atoms with Gasteiger partial charge in [-0.2, -0.15) is 5.26 Å². The van der Waals surface area contributed by atoms with E-state index in [4.69, 9.17) is 5.26 Å². The first kappa shape index (κ1) is 13.2. The average Bonchev–Trinajstić information content (AvgIpc) is 2.84. The van der Waals surface area contributed by atoms with Gasteiger partial charge in [-0.15, -0.1) is 0 Å². The van der Waals surface area contributed by atoms with Crippen LogP contribution in [0.1, 0.15) is 32.2 Å². The maximum atomic E-state index is 9.04. The molecule has 0 spiro atoms. The van der Waals surface area contributed by atoms with Crippen molar-refractivity contribution in [3.63, 3.8) is 0 Å². The summed E-state index contributed by atoms with van der Waals surface area (Å²) in [6.07, 6.45) is 5.08. The average molecular weight is 255 g/mol. The Morgan fingerprint density at radius 3 is 2.79 bits per heavy atom. The van der Waals surface area contributed by atoms with E-state index in [9.17, 15) is 0 Å². The summed E-state index contributed by atoms with van der Waals surface area (Å²) in [4.78, 5) is 8.36. The molecular formula is C14H17N5. The zero-order chi connectivity index (χ0) is 13.9. The Hall–Kier alpha value is -2.19. The Bertz CT molecular complexity index is 601. The van der Waals surface area contributed by atoms with E-state index < -0.39 is 0 Å². The summed E-state index contributed by atoms with van der Waals surface area (Å²) in [6.45, 7) is 7.03. The van der Waals surface area contributed by atoms with Crippen molar-refractivity contribution in [3.05, 3.63) is 42.1 Å². The van der Waals surface area contributed by atoms with Crippen molar-refractivity contribution in [3.8, 4) is 11.9 Å². The van der Waals surface area contributed by atoms with Crippen LogP contribution < -0.4 is 5.32 Å². The Kier molecular flexibility index (Phi) is 3.63. The van der Waals surface area contributed by atoms with Gasteiger partial charge in [-0.1, -0.05) is 6.07 Å². The molecular weight excluding hydrogens is 238 g/mol. The number of imidazole rings is 1. The van der Waals surface area contributed by atoms with Crippen LogP contribution >= 0.6 is 0 Å². The highest BCUT2D eigenvalue weighted by Crippen LogP contribution is 2.14. The number of hydrogen-bond acceptors (Lipinski definition) is 4. The van der Waals surface area contributed by atoms with Crippen molar-refractivity contribution in [2.75, 3.05) is 0 Å². The van der Waals surface area contributed by atoms with E-state index in [0.29, 0.717) is 12.4 Å². The molecule has 2 heterocycles. The lowest BCUT2D eigenvalue weighted by Crippen LogP contribution is -2.35. The van der Waals surface area contributed by atoms with Gasteiger partial charge in [-0.25, -0.2) is 9.97 Å². The molecule has 0 aliphatic carbocycles. The molecule has 0 unspecified atom stereocenters. The van der Waals surface area contributed by atoms with Gasteiger partial charge in [0.1, 0.15) is 11.9 Å². The van der Waals surface area contributed by atoms with E-state index in [2.05, 4.69) is 42.1 Å². The maximum Gasteiger partial charge on any atom is 0.218 e. The third-order valence-corrected chi connectivity index (χ3v) is 2.65. The minimum atomic E-state index is 0.0279. The smallest absolute Gasteiger partial charge is 0.218 e. The van der Waals surface area contributed by atoms with Crippen LogP contribution in [0.25, 0.3) is 5.82 Å². The Balaban J connectivity index is 2.34. The van der Waals surface area contributed by atoms with Crippen molar-refractivity contribution in [2.24, 2.45) is 0 Å². The minimum Gasteiger partial charge on any atom is -0.308 e. The summed E-state index contributed by atoms with van der Waals surface area (Å²) < 4.78 is 1.71. The molecule has 19 heavy (non-hydrogen) atoms. The molecule has 2 aromatic rings. The van der Waals surface area contributed by atoms with Crippen molar-refractivity contribution in [2.45, 2.75) is 32.9 Å². The quantitative estimate of drug-likeness (QED) is 0.911. The maximum absolute atomic E-state index is 9.04. The fraction of sp³-hybridized carbons (Fsp3) is 0.357. The Morgan fingerprint density at radius 2 is 2.11 bits per heavy atom. The number of hydrogen-bond donors (Lipinski definition) is 1. The van der Waals surface area contributed by atoms with Gasteiger partial charge in [0.2, 0.25) is 5.82 Å². The summed E-state index contributed by atoms with van der Waals surface area (Å²) in [5, 5.41) is 12.5. The second-order valence-corrected chi connectivity index (χ2v) is 5.32. The van der Waals surface area contributed by atoms with Crippen LogP contribution in [0, 0.1) is 11.3 Å². The second kappa shape index (κ2) is 5.21. The van der Waals surface area contributed by atoms with Crippen LogP contribution in [-0.4, -0.2) is 20.1 Å². The van der Waals surface area contributed by atoms with Crippen molar-refractivity contribution in [1.29, 1.82) is 5.26 Å². The second-order valence-electron chi connectivity index (χ2n) is 5.32. The van der Waals surface area contributed by atoms with Gasteiger partial charge < -0.3 is 5.32 Å². The van der Waals surface area contributed by atoms with E-state index in [1.807, 2.05) is 12.1 Å². The first-order valence-corrected chi connectivity index (χ1v) is 6.14.